The van der Waals surface area contributed by atoms with Crippen LogP contribution in [0.2, 0.25) is 0 Å². The number of hydrogen-bond acceptors (Lipinski definition) is 5. The number of sulfonamides is 1. The minimum absolute atomic E-state index is 0.128. The summed E-state index contributed by atoms with van der Waals surface area (Å²) in [5.41, 5.74) is 0. The molecule has 1 aliphatic heterocycles. The van der Waals surface area contributed by atoms with Gasteiger partial charge in [-0.2, -0.15) is 4.31 Å². The molecule has 3 unspecified atom stereocenters. The second-order valence-corrected chi connectivity index (χ2v) is 9.91. The molecule has 2 fully saturated rings. The van der Waals surface area contributed by atoms with E-state index in [4.69, 9.17) is 0 Å². The zero-order valence-corrected chi connectivity index (χ0v) is 15.6. The van der Waals surface area contributed by atoms with Gasteiger partial charge in [-0.25, -0.2) is 8.42 Å². The van der Waals surface area contributed by atoms with E-state index < -0.39 is 22.0 Å². The molecule has 3 atom stereocenters. The van der Waals surface area contributed by atoms with Gasteiger partial charge in [0.15, 0.2) is 0 Å². The molecule has 0 aromatic carbocycles. The zero-order valence-electron chi connectivity index (χ0n) is 14.0. The Balaban J connectivity index is 1.89. The Morgan fingerprint density at radius 2 is 2.04 bits per heavy atom. The van der Waals surface area contributed by atoms with E-state index in [-0.39, 0.29) is 28.6 Å². The Morgan fingerprint density at radius 1 is 1.32 bits per heavy atom. The SMILES string of the molecule is CC(=O)NCc1ccc(S(=O)(=O)N2C(C(=O)O)CC3CCCCC32)s1. The molecule has 2 N–H and O–H groups in total. The number of aliphatic carboxylic acids is 1. The zero-order chi connectivity index (χ0) is 18.2. The van der Waals surface area contributed by atoms with Gasteiger partial charge in [0.2, 0.25) is 5.91 Å². The van der Waals surface area contributed by atoms with Crippen LogP contribution in [0.3, 0.4) is 0 Å². The number of carboxylic acid groups (broad SMARTS) is 1. The first kappa shape index (κ1) is 18.3. The van der Waals surface area contributed by atoms with Crippen LogP contribution in [0.5, 0.6) is 0 Å². The summed E-state index contributed by atoms with van der Waals surface area (Å²) in [7, 11) is -3.86. The molecule has 9 heteroatoms. The summed E-state index contributed by atoms with van der Waals surface area (Å²) in [5.74, 6) is -1.13. The maximum absolute atomic E-state index is 13.1. The molecule has 7 nitrogen and oxygen atoms in total. The number of carboxylic acids is 1. The molecular formula is C16H22N2O5S2. The van der Waals surface area contributed by atoms with E-state index in [2.05, 4.69) is 5.32 Å². The molecule has 1 aromatic heterocycles. The summed E-state index contributed by atoms with van der Waals surface area (Å²) in [6, 6.07) is 1.96. The Labute approximate surface area is 151 Å². The van der Waals surface area contributed by atoms with Crippen molar-refractivity contribution in [1.29, 1.82) is 0 Å². The molecule has 25 heavy (non-hydrogen) atoms. The molecule has 2 heterocycles. The lowest BCUT2D eigenvalue weighted by molar-refractivity contribution is -0.141. The average Bonchev–Trinajstić information content (AvgIpc) is 3.18. The Kier molecular flexibility index (Phi) is 5.17. The highest BCUT2D eigenvalue weighted by molar-refractivity contribution is 7.91. The van der Waals surface area contributed by atoms with Crippen LogP contribution in [-0.2, 0) is 26.2 Å². The van der Waals surface area contributed by atoms with Crippen molar-refractivity contribution in [3.05, 3.63) is 17.0 Å². The lowest BCUT2D eigenvalue weighted by Crippen LogP contribution is -2.45. The summed E-state index contributed by atoms with van der Waals surface area (Å²) >= 11 is 1.08. The normalized spacial score (nSPS) is 27.0. The lowest BCUT2D eigenvalue weighted by Gasteiger charge is -2.31. The summed E-state index contributed by atoms with van der Waals surface area (Å²) in [5, 5.41) is 12.2. The third-order valence-electron chi connectivity index (χ3n) is 4.99. The van der Waals surface area contributed by atoms with Crippen molar-refractivity contribution in [2.45, 2.75) is 61.9 Å². The monoisotopic (exact) mass is 386 g/mol. The number of thiophene rings is 1. The van der Waals surface area contributed by atoms with Crippen molar-refractivity contribution >= 4 is 33.2 Å². The van der Waals surface area contributed by atoms with Gasteiger partial charge < -0.3 is 10.4 Å². The molecule has 0 bridgehead atoms. The second-order valence-electron chi connectivity index (χ2n) is 6.67. The highest BCUT2D eigenvalue weighted by Gasteiger charge is 2.51. The third-order valence-corrected chi connectivity index (χ3v) is 8.48. The van der Waals surface area contributed by atoms with E-state index in [0.29, 0.717) is 6.42 Å². The van der Waals surface area contributed by atoms with E-state index >= 15 is 0 Å². The van der Waals surface area contributed by atoms with Gasteiger partial charge in [-0.1, -0.05) is 12.8 Å². The van der Waals surface area contributed by atoms with Gasteiger partial charge in [0.05, 0.1) is 6.54 Å². The van der Waals surface area contributed by atoms with Crippen molar-refractivity contribution in [3.63, 3.8) is 0 Å². The van der Waals surface area contributed by atoms with Gasteiger partial charge >= 0.3 is 5.97 Å². The molecule has 3 rings (SSSR count). The topological polar surface area (TPSA) is 104 Å². The molecule has 1 aliphatic carbocycles. The van der Waals surface area contributed by atoms with Gasteiger partial charge in [-0.3, -0.25) is 9.59 Å². The first-order valence-electron chi connectivity index (χ1n) is 8.40. The minimum Gasteiger partial charge on any atom is -0.480 e. The van der Waals surface area contributed by atoms with Gasteiger partial charge in [-0.15, -0.1) is 11.3 Å². The summed E-state index contributed by atoms with van der Waals surface area (Å²) < 4.78 is 27.7. The van der Waals surface area contributed by atoms with Gasteiger partial charge in [-0.05, 0) is 37.3 Å². The predicted molar refractivity (Wildman–Crippen MR) is 92.7 cm³/mol. The summed E-state index contributed by atoms with van der Waals surface area (Å²) in [6.07, 6.45) is 3.96. The van der Waals surface area contributed by atoms with Gasteiger partial charge in [0.25, 0.3) is 10.0 Å². The number of fused-ring (bicyclic) bond motifs is 1. The lowest BCUT2D eigenvalue weighted by atomic mass is 9.85. The van der Waals surface area contributed by atoms with E-state index in [1.54, 1.807) is 6.07 Å². The number of carbonyl (C=O) groups excluding carboxylic acids is 1. The molecule has 0 spiro atoms. The van der Waals surface area contributed by atoms with E-state index in [1.807, 2.05) is 0 Å². The Morgan fingerprint density at radius 3 is 2.72 bits per heavy atom. The molecular weight excluding hydrogens is 364 g/mol. The number of nitrogens with zero attached hydrogens (tertiary/aromatic N) is 1. The van der Waals surface area contributed by atoms with Crippen molar-refractivity contribution in [1.82, 2.24) is 9.62 Å². The van der Waals surface area contributed by atoms with Crippen molar-refractivity contribution in [3.8, 4) is 0 Å². The first-order chi connectivity index (χ1) is 11.8. The van der Waals surface area contributed by atoms with Crippen LogP contribution >= 0.6 is 11.3 Å². The van der Waals surface area contributed by atoms with Crippen LogP contribution < -0.4 is 5.32 Å². The molecule has 1 amide bonds. The predicted octanol–water partition coefficient (Wildman–Crippen LogP) is 1.79. The van der Waals surface area contributed by atoms with Crippen LogP contribution in [0, 0.1) is 5.92 Å². The summed E-state index contributed by atoms with van der Waals surface area (Å²) in [4.78, 5) is 23.4. The van der Waals surface area contributed by atoms with Crippen LogP contribution in [0.15, 0.2) is 16.3 Å². The minimum atomic E-state index is -3.86. The smallest absolute Gasteiger partial charge is 0.322 e. The van der Waals surface area contributed by atoms with Crippen molar-refractivity contribution < 1.29 is 23.1 Å². The fourth-order valence-corrected chi connectivity index (χ4v) is 7.15. The quantitative estimate of drug-likeness (QED) is 0.803. The largest absolute Gasteiger partial charge is 0.480 e. The Bertz CT molecular complexity index is 773. The molecule has 0 radical (unpaired) electrons. The van der Waals surface area contributed by atoms with Crippen molar-refractivity contribution in [2.75, 3.05) is 0 Å². The molecule has 138 valence electrons. The van der Waals surface area contributed by atoms with Gasteiger partial charge in [0.1, 0.15) is 10.3 Å². The third kappa shape index (κ3) is 3.58. The van der Waals surface area contributed by atoms with Crippen LogP contribution in [0.4, 0.5) is 0 Å². The molecule has 1 saturated heterocycles. The number of nitrogens with one attached hydrogen (secondary N) is 1. The van der Waals surface area contributed by atoms with Crippen LogP contribution in [-0.4, -0.2) is 41.8 Å². The number of amides is 1. The first-order valence-corrected chi connectivity index (χ1v) is 10.7. The van der Waals surface area contributed by atoms with Crippen molar-refractivity contribution in [2.24, 2.45) is 5.92 Å². The summed E-state index contributed by atoms with van der Waals surface area (Å²) in [6.45, 7) is 1.67. The highest BCUT2D eigenvalue weighted by Crippen LogP contribution is 2.43. The van der Waals surface area contributed by atoms with E-state index in [9.17, 15) is 23.1 Å². The molecule has 1 aromatic rings. The van der Waals surface area contributed by atoms with E-state index in [0.717, 1.165) is 41.9 Å². The van der Waals surface area contributed by atoms with Crippen LogP contribution in [0.1, 0.15) is 43.9 Å². The molecule has 1 saturated carbocycles. The maximum Gasteiger partial charge on any atom is 0.322 e. The average molecular weight is 386 g/mol. The second kappa shape index (κ2) is 7.05. The highest BCUT2D eigenvalue weighted by atomic mass is 32.2. The number of carbonyl (C=O) groups is 2. The fourth-order valence-electron chi connectivity index (χ4n) is 3.88. The number of rotatable bonds is 5. The number of hydrogen-bond donors (Lipinski definition) is 2. The Hall–Kier alpha value is -1.45. The van der Waals surface area contributed by atoms with Crippen LogP contribution in [0.25, 0.3) is 0 Å². The standard InChI is InChI=1S/C16H22N2O5S2/c1-10(19)17-9-12-6-7-15(24-12)25(22,23)18-13-5-3-2-4-11(13)8-14(18)16(20)21/h6-7,11,13-14H,2-5,8-9H2,1H3,(H,17,19)(H,20,21). The molecule has 2 aliphatic rings. The fraction of sp³-hybridized carbons (Fsp3) is 0.625. The maximum atomic E-state index is 13.1. The van der Waals surface area contributed by atoms with E-state index in [1.165, 1.54) is 17.3 Å². The van der Waals surface area contributed by atoms with Gasteiger partial charge in [0, 0.05) is 17.8 Å².